The Labute approximate surface area is 375 Å². The number of anilines is 1. The number of ether oxygens (including phenoxy) is 5. The van der Waals surface area contributed by atoms with Gasteiger partial charge in [0.05, 0.1) is 52.4 Å². The summed E-state index contributed by atoms with van der Waals surface area (Å²) in [5.41, 5.74) is 1.03. The van der Waals surface area contributed by atoms with Crippen LogP contribution in [0.25, 0.3) is 11.2 Å². The molecule has 1 saturated carbocycles. The molecular formula is C47H58N7O9P. The first kappa shape index (κ1) is 46.7. The van der Waals surface area contributed by atoms with Crippen LogP contribution in [0.4, 0.5) is 5.95 Å². The van der Waals surface area contributed by atoms with Gasteiger partial charge in [-0.1, -0.05) is 68.4 Å². The largest absolute Gasteiger partial charge is 0.497 e. The molecule has 340 valence electrons. The van der Waals surface area contributed by atoms with E-state index in [0.29, 0.717) is 11.5 Å². The van der Waals surface area contributed by atoms with E-state index in [0.717, 1.165) is 29.5 Å². The molecule has 1 aliphatic carbocycles. The summed E-state index contributed by atoms with van der Waals surface area (Å²) in [6, 6.07) is 27.8. The lowest BCUT2D eigenvalue weighted by Crippen LogP contribution is -2.43. The fraction of sp³-hybridized carbons (Fsp3) is 0.468. The third-order valence-corrected chi connectivity index (χ3v) is 13.3. The number of imidazole rings is 1. The van der Waals surface area contributed by atoms with Crippen LogP contribution in [-0.4, -0.2) is 94.0 Å². The van der Waals surface area contributed by atoms with E-state index >= 15 is 0 Å². The second-order valence-corrected chi connectivity index (χ2v) is 18.1. The molecule has 3 heterocycles. The number of carbonyl (C=O) groups is 1. The maximum atomic E-state index is 13.5. The normalized spacial score (nSPS) is 19.4. The number of methoxy groups -OCH3 is 2. The van der Waals surface area contributed by atoms with Crippen molar-refractivity contribution in [3.8, 4) is 17.6 Å². The standard InChI is InChI=1S/C47H58N7O9P/c1-29(2)43(55)51-46-50-42-39(44(56)52-46)49-28-53(42)45-41(61-37-23-24-37)40(63-64(60-26-12-25-48)54(30(3)4)31(5)6)38(62-45)27-59-47(32-13-10-9-11-14-32,33-15-19-35(57-7)20-16-33)34-17-21-36(58-8)22-18-34/h9-11,13-22,28-31,37-38,40-41,45H,12,23-24,26-27H2,1-8H3,(H2,50,51,52,55,56)/t38-,40-,41-,45-,64?/m1/s1. The lowest BCUT2D eigenvalue weighted by Gasteiger charge is -2.39. The number of aromatic amines is 1. The van der Waals surface area contributed by atoms with Crippen LogP contribution in [0.15, 0.2) is 90.0 Å². The number of nitrogens with one attached hydrogen (secondary N) is 2. The topological polar surface area (TPSA) is 184 Å². The zero-order valence-corrected chi connectivity index (χ0v) is 38.5. The summed E-state index contributed by atoms with van der Waals surface area (Å²) < 4.78 is 50.1. The number of aromatic nitrogens is 4. The summed E-state index contributed by atoms with van der Waals surface area (Å²) in [5.74, 6) is 0.680. The minimum absolute atomic E-state index is 0.00711. The van der Waals surface area contributed by atoms with Crippen molar-refractivity contribution in [2.75, 3.05) is 32.8 Å². The molecule has 0 bridgehead atoms. The van der Waals surface area contributed by atoms with Crippen molar-refractivity contribution < 1.29 is 37.5 Å². The average Bonchev–Trinajstić information content (AvgIpc) is 3.92. The van der Waals surface area contributed by atoms with Crippen molar-refractivity contribution in [1.82, 2.24) is 24.2 Å². The van der Waals surface area contributed by atoms with Gasteiger partial charge in [0.15, 0.2) is 17.4 Å². The van der Waals surface area contributed by atoms with Crippen molar-refractivity contribution in [3.63, 3.8) is 0 Å². The Morgan fingerprint density at radius 3 is 2.09 bits per heavy atom. The Bertz CT molecular complexity index is 2360. The maximum Gasteiger partial charge on any atom is 0.280 e. The van der Waals surface area contributed by atoms with Gasteiger partial charge < -0.3 is 32.7 Å². The summed E-state index contributed by atoms with van der Waals surface area (Å²) in [5, 5.41) is 12.2. The molecule has 16 nitrogen and oxygen atoms in total. The SMILES string of the molecule is COc1ccc(C(OC[C@H]2O[C@@H](n3cnc4c(=O)[nH]c(NC(=O)C(C)C)nc43)[C@H](OC3CC3)[C@@H]2OP(OCCC#N)N(C(C)C)C(C)C)(c2ccccc2)c2ccc(OC)cc2)cc1. The number of carbonyl (C=O) groups excluding carboxylic acids is 1. The molecule has 1 amide bonds. The van der Waals surface area contributed by atoms with Gasteiger partial charge in [-0.25, -0.2) is 9.65 Å². The number of benzene rings is 3. The molecule has 1 saturated heterocycles. The molecule has 2 N–H and O–H groups in total. The predicted molar refractivity (Wildman–Crippen MR) is 242 cm³/mol. The third-order valence-electron chi connectivity index (χ3n) is 11.1. The van der Waals surface area contributed by atoms with E-state index in [4.69, 9.17) is 32.7 Å². The molecule has 5 atom stereocenters. The monoisotopic (exact) mass is 895 g/mol. The Kier molecular flexibility index (Phi) is 15.1. The van der Waals surface area contributed by atoms with Gasteiger partial charge in [0, 0.05) is 18.0 Å². The van der Waals surface area contributed by atoms with Crippen molar-refractivity contribution in [3.05, 3.63) is 112 Å². The smallest absolute Gasteiger partial charge is 0.280 e. The zero-order chi connectivity index (χ0) is 45.5. The number of fused-ring (bicyclic) bond motifs is 1. The number of amides is 1. The molecule has 2 aromatic heterocycles. The van der Waals surface area contributed by atoms with Gasteiger partial charge in [-0.2, -0.15) is 10.2 Å². The van der Waals surface area contributed by atoms with E-state index < -0.39 is 44.2 Å². The molecule has 64 heavy (non-hydrogen) atoms. The number of hydrogen-bond donors (Lipinski definition) is 2. The molecule has 1 aliphatic heterocycles. The van der Waals surface area contributed by atoms with Gasteiger partial charge in [-0.3, -0.25) is 24.5 Å². The van der Waals surface area contributed by atoms with Crippen LogP contribution < -0.4 is 20.3 Å². The summed E-state index contributed by atoms with van der Waals surface area (Å²) in [4.78, 5) is 38.0. The second-order valence-electron chi connectivity index (χ2n) is 16.7. The molecule has 2 fully saturated rings. The van der Waals surface area contributed by atoms with Crippen molar-refractivity contribution >= 4 is 31.5 Å². The lowest BCUT2D eigenvalue weighted by molar-refractivity contribution is -0.118. The highest BCUT2D eigenvalue weighted by Gasteiger charge is 2.53. The van der Waals surface area contributed by atoms with E-state index in [2.05, 4.69) is 58.7 Å². The van der Waals surface area contributed by atoms with Crippen LogP contribution in [0, 0.1) is 17.2 Å². The fourth-order valence-corrected chi connectivity index (χ4v) is 9.65. The second kappa shape index (κ2) is 20.7. The molecular weight excluding hydrogens is 838 g/mol. The summed E-state index contributed by atoms with van der Waals surface area (Å²) in [7, 11) is 1.45. The number of nitriles is 1. The molecule has 0 spiro atoms. The van der Waals surface area contributed by atoms with E-state index in [1.807, 2.05) is 78.9 Å². The Morgan fingerprint density at radius 2 is 1.55 bits per heavy atom. The van der Waals surface area contributed by atoms with Crippen molar-refractivity contribution in [1.29, 1.82) is 5.26 Å². The minimum Gasteiger partial charge on any atom is -0.497 e. The highest BCUT2D eigenvalue weighted by Crippen LogP contribution is 2.52. The van der Waals surface area contributed by atoms with Crippen LogP contribution in [0.2, 0.25) is 0 Å². The van der Waals surface area contributed by atoms with Gasteiger partial charge >= 0.3 is 0 Å². The maximum absolute atomic E-state index is 13.5. The average molecular weight is 896 g/mol. The van der Waals surface area contributed by atoms with E-state index in [-0.39, 0.29) is 66.8 Å². The van der Waals surface area contributed by atoms with E-state index in [1.165, 1.54) is 6.33 Å². The van der Waals surface area contributed by atoms with Gasteiger partial charge in [0.1, 0.15) is 35.4 Å². The van der Waals surface area contributed by atoms with Gasteiger partial charge in [0.2, 0.25) is 11.9 Å². The lowest BCUT2D eigenvalue weighted by atomic mass is 9.80. The molecule has 17 heteroatoms. The van der Waals surface area contributed by atoms with Gasteiger partial charge in [-0.15, -0.1) is 0 Å². The summed E-state index contributed by atoms with van der Waals surface area (Å²) in [6.07, 6.45) is -0.0763. The molecule has 7 rings (SSSR count). The number of nitrogens with zero attached hydrogens (tertiary/aromatic N) is 5. The van der Waals surface area contributed by atoms with Crippen molar-refractivity contribution in [2.24, 2.45) is 5.92 Å². The molecule has 0 radical (unpaired) electrons. The first-order chi connectivity index (χ1) is 30.9. The van der Waals surface area contributed by atoms with Crippen LogP contribution in [0.3, 0.4) is 0 Å². The van der Waals surface area contributed by atoms with Crippen LogP contribution in [-0.2, 0) is 33.7 Å². The molecule has 3 aromatic carbocycles. The number of hydrogen-bond acceptors (Lipinski definition) is 13. The third kappa shape index (κ3) is 10.2. The Balaban J connectivity index is 1.38. The first-order valence-electron chi connectivity index (χ1n) is 21.7. The number of rotatable bonds is 21. The quantitative estimate of drug-likeness (QED) is 0.0413. The summed E-state index contributed by atoms with van der Waals surface area (Å²) in [6.45, 7) is 11.9. The van der Waals surface area contributed by atoms with Crippen molar-refractivity contribution in [2.45, 2.75) is 109 Å². The van der Waals surface area contributed by atoms with E-state index in [1.54, 1.807) is 32.6 Å². The van der Waals surface area contributed by atoms with E-state index in [9.17, 15) is 14.9 Å². The highest BCUT2D eigenvalue weighted by molar-refractivity contribution is 7.44. The van der Waals surface area contributed by atoms with Gasteiger partial charge in [-0.05, 0) is 81.5 Å². The van der Waals surface area contributed by atoms with Crippen LogP contribution >= 0.6 is 8.53 Å². The fourth-order valence-electron chi connectivity index (χ4n) is 7.88. The highest BCUT2D eigenvalue weighted by atomic mass is 31.2. The minimum atomic E-state index is -1.81. The summed E-state index contributed by atoms with van der Waals surface area (Å²) >= 11 is 0. The van der Waals surface area contributed by atoms with Gasteiger partial charge in [0.25, 0.3) is 14.1 Å². The van der Waals surface area contributed by atoms with Crippen LogP contribution in [0.1, 0.15) is 83.7 Å². The zero-order valence-electron chi connectivity index (χ0n) is 37.6. The molecule has 2 aliphatic rings. The predicted octanol–water partition coefficient (Wildman–Crippen LogP) is 7.85. The Hall–Kier alpha value is -5.24. The van der Waals surface area contributed by atoms with Crippen LogP contribution in [0.5, 0.6) is 11.5 Å². The first-order valence-corrected chi connectivity index (χ1v) is 22.8. The molecule has 1 unspecified atom stereocenters. The molecule has 5 aromatic rings. The number of H-pyrrole nitrogens is 1. The Morgan fingerprint density at radius 1 is 0.938 bits per heavy atom.